The van der Waals surface area contributed by atoms with Crippen LogP contribution in [0.15, 0.2) is 36.4 Å². The lowest BCUT2D eigenvalue weighted by Crippen LogP contribution is -1.47. The van der Waals surface area contributed by atoms with Crippen LogP contribution in [0.2, 0.25) is 0 Å². The van der Waals surface area contributed by atoms with E-state index in [1.54, 1.807) is 0 Å². The third kappa shape index (κ3) is 72.9. The molecule has 0 spiro atoms. The summed E-state index contributed by atoms with van der Waals surface area (Å²) < 4.78 is 0. The van der Waals surface area contributed by atoms with Gasteiger partial charge in [-0.25, -0.2) is 0 Å². The van der Waals surface area contributed by atoms with E-state index in [-0.39, 0.29) is 0 Å². The molecule has 100 valence electrons. The predicted octanol–water partition coefficient (Wildman–Crippen LogP) is 5.40. The summed E-state index contributed by atoms with van der Waals surface area (Å²) in [6.07, 6.45) is 0. The maximum atomic E-state index is 7.00. The average molecular weight is 230 g/mol. The molecule has 0 aliphatic rings. The van der Waals surface area contributed by atoms with Crippen molar-refractivity contribution in [1.82, 2.24) is 0 Å². The number of aliphatic hydroxyl groups excluding tert-OH is 1. The van der Waals surface area contributed by atoms with Crippen LogP contribution in [0.5, 0.6) is 0 Å². The van der Waals surface area contributed by atoms with Crippen LogP contribution in [-0.2, 0) is 0 Å². The maximum absolute atomic E-state index is 7.00. The Bertz CT molecular complexity index is 77.4. The van der Waals surface area contributed by atoms with Crippen molar-refractivity contribution in [3.63, 3.8) is 0 Å². The minimum absolute atomic E-state index is 1.00. The summed E-state index contributed by atoms with van der Waals surface area (Å²) >= 11 is 0. The van der Waals surface area contributed by atoms with Gasteiger partial charge in [-0.2, -0.15) is 0 Å². The molecule has 1 rings (SSSR count). The molecule has 1 nitrogen and oxygen atoms in total. The Morgan fingerprint density at radius 3 is 0.500 bits per heavy atom. The molecule has 0 atom stereocenters. The van der Waals surface area contributed by atoms with Gasteiger partial charge in [0.1, 0.15) is 0 Å². The standard InChI is InChI=1S/C6H6.4C2H6.CH4O/c1-2-4-6-5-3-1;5*1-2/h1-6H;4*1-2H3;2H,1H3. The quantitative estimate of drug-likeness (QED) is 0.632. The first-order valence-corrected chi connectivity index (χ1v) is 6.45. The van der Waals surface area contributed by atoms with Crippen LogP contribution in [0.1, 0.15) is 55.4 Å². The number of hydrogen-bond acceptors (Lipinski definition) is 1. The van der Waals surface area contributed by atoms with Gasteiger partial charge in [-0.05, 0) is 0 Å². The smallest absolute Gasteiger partial charge is 0.0319 e. The van der Waals surface area contributed by atoms with E-state index in [0.717, 1.165) is 7.11 Å². The Balaban J connectivity index is -0.0000000351. The Kier molecular flexibility index (Phi) is 169. The molecule has 0 bridgehead atoms. The van der Waals surface area contributed by atoms with E-state index in [4.69, 9.17) is 5.11 Å². The zero-order valence-corrected chi connectivity index (χ0v) is 12.9. The molecule has 0 saturated carbocycles. The van der Waals surface area contributed by atoms with Crippen molar-refractivity contribution in [3.05, 3.63) is 36.4 Å². The number of aliphatic hydroxyl groups is 1. The molecule has 0 aromatic heterocycles. The highest BCUT2D eigenvalue weighted by Gasteiger charge is 1.57. The molecular formula is C15H34O. The second kappa shape index (κ2) is 91.8. The predicted molar refractivity (Wildman–Crippen MR) is 80.0 cm³/mol. The number of hydrogen-bond donors (Lipinski definition) is 1. The van der Waals surface area contributed by atoms with Crippen LogP contribution in [-0.4, -0.2) is 12.2 Å². The lowest BCUT2D eigenvalue weighted by Gasteiger charge is -1.69. The third-order valence-electron chi connectivity index (χ3n) is 0.667. The molecular weight excluding hydrogens is 196 g/mol. The molecule has 1 heteroatoms. The molecule has 1 N–H and O–H groups in total. The van der Waals surface area contributed by atoms with E-state index in [1.165, 1.54) is 0 Å². The van der Waals surface area contributed by atoms with Gasteiger partial charge < -0.3 is 5.11 Å². The summed E-state index contributed by atoms with van der Waals surface area (Å²) in [6, 6.07) is 12.0. The van der Waals surface area contributed by atoms with Gasteiger partial charge >= 0.3 is 0 Å². The van der Waals surface area contributed by atoms with E-state index in [2.05, 4.69) is 0 Å². The Hall–Kier alpha value is -0.820. The van der Waals surface area contributed by atoms with Crippen molar-refractivity contribution in [2.75, 3.05) is 7.11 Å². The third-order valence-corrected chi connectivity index (χ3v) is 0.667. The van der Waals surface area contributed by atoms with Gasteiger partial charge in [0.2, 0.25) is 0 Å². The van der Waals surface area contributed by atoms with Crippen LogP contribution in [0.3, 0.4) is 0 Å². The summed E-state index contributed by atoms with van der Waals surface area (Å²) in [4.78, 5) is 0. The van der Waals surface area contributed by atoms with Crippen molar-refractivity contribution in [1.29, 1.82) is 0 Å². The van der Waals surface area contributed by atoms with Gasteiger partial charge in [-0.1, -0.05) is 91.8 Å². The van der Waals surface area contributed by atoms with Gasteiger partial charge in [0, 0.05) is 7.11 Å². The highest BCUT2D eigenvalue weighted by Crippen LogP contribution is 1.79. The zero-order chi connectivity index (χ0) is 14.2. The van der Waals surface area contributed by atoms with E-state index < -0.39 is 0 Å². The minimum Gasteiger partial charge on any atom is -0.400 e. The average Bonchev–Trinajstić information content (AvgIpc) is 2.51. The minimum atomic E-state index is 1.00. The van der Waals surface area contributed by atoms with Crippen molar-refractivity contribution in [3.8, 4) is 0 Å². The monoisotopic (exact) mass is 230 g/mol. The van der Waals surface area contributed by atoms with E-state index in [1.807, 2.05) is 91.8 Å². The van der Waals surface area contributed by atoms with Crippen LogP contribution in [0.25, 0.3) is 0 Å². The molecule has 0 aliphatic carbocycles. The first kappa shape index (κ1) is 29.5. The molecule has 0 heterocycles. The summed E-state index contributed by atoms with van der Waals surface area (Å²) in [5.74, 6) is 0. The molecule has 0 amide bonds. The highest BCUT2D eigenvalue weighted by molar-refractivity contribution is 4.99. The summed E-state index contributed by atoms with van der Waals surface area (Å²) in [7, 11) is 1.00. The van der Waals surface area contributed by atoms with Gasteiger partial charge in [0.25, 0.3) is 0 Å². The SMILES string of the molecule is CC.CC.CC.CC.CO.c1ccccc1. The topological polar surface area (TPSA) is 20.2 Å². The molecule has 1 aromatic carbocycles. The van der Waals surface area contributed by atoms with E-state index in [0.29, 0.717) is 0 Å². The second-order valence-corrected chi connectivity index (χ2v) is 1.15. The van der Waals surface area contributed by atoms with E-state index >= 15 is 0 Å². The molecule has 0 aliphatic heterocycles. The molecule has 0 saturated heterocycles. The van der Waals surface area contributed by atoms with Crippen molar-refractivity contribution >= 4 is 0 Å². The summed E-state index contributed by atoms with van der Waals surface area (Å²) in [6.45, 7) is 16.0. The second-order valence-electron chi connectivity index (χ2n) is 1.15. The zero-order valence-electron chi connectivity index (χ0n) is 12.9. The fourth-order valence-corrected chi connectivity index (χ4v) is 0.385. The molecule has 0 radical (unpaired) electrons. The Labute approximate surface area is 105 Å². The van der Waals surface area contributed by atoms with Gasteiger partial charge in [-0.3, -0.25) is 0 Å². The van der Waals surface area contributed by atoms with Crippen LogP contribution >= 0.6 is 0 Å². The van der Waals surface area contributed by atoms with Gasteiger partial charge in [0.15, 0.2) is 0 Å². The van der Waals surface area contributed by atoms with Crippen molar-refractivity contribution in [2.24, 2.45) is 0 Å². The highest BCUT2D eigenvalue weighted by atomic mass is 16.2. The first-order chi connectivity index (χ1) is 8.00. The summed E-state index contributed by atoms with van der Waals surface area (Å²) in [5.41, 5.74) is 0. The Morgan fingerprint density at radius 1 is 0.375 bits per heavy atom. The molecule has 16 heavy (non-hydrogen) atoms. The molecule has 0 fully saturated rings. The van der Waals surface area contributed by atoms with Gasteiger partial charge in [-0.15, -0.1) is 0 Å². The summed E-state index contributed by atoms with van der Waals surface area (Å²) in [5, 5.41) is 7.00. The van der Waals surface area contributed by atoms with Gasteiger partial charge in [0.05, 0.1) is 0 Å². The van der Waals surface area contributed by atoms with Crippen molar-refractivity contribution in [2.45, 2.75) is 55.4 Å². The fourth-order valence-electron chi connectivity index (χ4n) is 0.385. The Morgan fingerprint density at radius 2 is 0.438 bits per heavy atom. The number of rotatable bonds is 0. The first-order valence-electron chi connectivity index (χ1n) is 6.45. The fraction of sp³-hybridized carbons (Fsp3) is 0.600. The largest absolute Gasteiger partial charge is 0.400 e. The maximum Gasteiger partial charge on any atom is 0.0319 e. The molecule has 0 unspecified atom stereocenters. The number of benzene rings is 1. The lowest BCUT2D eigenvalue weighted by atomic mass is 10.4. The van der Waals surface area contributed by atoms with Crippen LogP contribution in [0, 0.1) is 0 Å². The molecule has 1 aromatic rings. The normalized spacial score (nSPS) is 4.88. The van der Waals surface area contributed by atoms with E-state index in [9.17, 15) is 0 Å². The van der Waals surface area contributed by atoms with Crippen LogP contribution in [0.4, 0.5) is 0 Å². The van der Waals surface area contributed by atoms with Crippen LogP contribution < -0.4 is 0 Å². The van der Waals surface area contributed by atoms with Crippen molar-refractivity contribution < 1.29 is 5.11 Å². The lowest BCUT2D eigenvalue weighted by molar-refractivity contribution is 0.399.